The maximum Gasteiger partial charge on any atom is 0.231 e. The molecule has 0 fully saturated rings. The molecule has 1 N–H and O–H groups in total. The molecular formula is C12H11NO2S2. The van der Waals surface area contributed by atoms with Gasteiger partial charge in [-0.05, 0) is 36.8 Å². The van der Waals surface area contributed by atoms with Crippen LogP contribution in [0, 0.1) is 3.95 Å². The molecule has 2 heterocycles. The normalized spacial score (nSPS) is 13.0. The summed E-state index contributed by atoms with van der Waals surface area (Å²) in [7, 11) is 0. The minimum absolute atomic E-state index is 0.305. The third-order valence-corrected chi connectivity index (χ3v) is 4.08. The van der Waals surface area contributed by atoms with Gasteiger partial charge in [-0.15, -0.1) is 11.3 Å². The van der Waals surface area contributed by atoms with Gasteiger partial charge in [-0.1, -0.05) is 6.92 Å². The van der Waals surface area contributed by atoms with Gasteiger partial charge in [0.1, 0.15) is 0 Å². The summed E-state index contributed by atoms with van der Waals surface area (Å²) in [4.78, 5) is 4.51. The molecule has 0 saturated carbocycles. The van der Waals surface area contributed by atoms with Crippen LogP contribution >= 0.6 is 23.6 Å². The fraction of sp³-hybridized carbons (Fsp3) is 0.250. The number of benzene rings is 1. The number of thiazole rings is 1. The number of rotatable bonds is 2. The maximum atomic E-state index is 5.38. The molecule has 1 aliphatic rings. The molecule has 3 nitrogen and oxygen atoms in total. The Morgan fingerprint density at radius 1 is 1.35 bits per heavy atom. The summed E-state index contributed by atoms with van der Waals surface area (Å²) in [6, 6.07) is 5.96. The Balaban J connectivity index is 2.12. The molecule has 3 rings (SSSR count). The van der Waals surface area contributed by atoms with Crippen LogP contribution in [0.15, 0.2) is 18.2 Å². The van der Waals surface area contributed by atoms with E-state index in [4.69, 9.17) is 21.7 Å². The maximum absolute atomic E-state index is 5.38. The standard InChI is InChI=1S/C12H11NO2S2/c1-2-10-11(13-12(16)17-10)7-3-4-8-9(5-7)15-6-14-8/h3-5H,2,6H2,1H3,(H,13,16). The average molecular weight is 265 g/mol. The highest BCUT2D eigenvalue weighted by Crippen LogP contribution is 2.37. The summed E-state index contributed by atoms with van der Waals surface area (Å²) in [6.07, 6.45) is 0.974. The number of fused-ring (bicyclic) bond motifs is 1. The molecule has 5 heteroatoms. The van der Waals surface area contributed by atoms with Crippen molar-refractivity contribution in [2.24, 2.45) is 0 Å². The van der Waals surface area contributed by atoms with Crippen molar-refractivity contribution in [3.05, 3.63) is 27.0 Å². The lowest BCUT2D eigenvalue weighted by atomic mass is 10.1. The van der Waals surface area contributed by atoms with Crippen LogP contribution in [0.3, 0.4) is 0 Å². The van der Waals surface area contributed by atoms with Crippen molar-refractivity contribution < 1.29 is 9.47 Å². The number of aromatic nitrogens is 1. The Morgan fingerprint density at radius 2 is 2.18 bits per heavy atom. The van der Waals surface area contributed by atoms with Crippen molar-refractivity contribution in [3.8, 4) is 22.8 Å². The van der Waals surface area contributed by atoms with Crippen LogP contribution in [0.2, 0.25) is 0 Å². The van der Waals surface area contributed by atoms with Gasteiger partial charge in [0, 0.05) is 10.4 Å². The predicted molar refractivity (Wildman–Crippen MR) is 70.4 cm³/mol. The van der Waals surface area contributed by atoms with Crippen molar-refractivity contribution >= 4 is 23.6 Å². The zero-order valence-corrected chi connectivity index (χ0v) is 10.9. The zero-order valence-electron chi connectivity index (χ0n) is 9.28. The first-order valence-corrected chi connectivity index (χ1v) is 6.62. The van der Waals surface area contributed by atoms with E-state index in [1.807, 2.05) is 18.2 Å². The Kier molecular flexibility index (Phi) is 2.64. The fourth-order valence-corrected chi connectivity index (χ4v) is 3.09. The second-order valence-electron chi connectivity index (χ2n) is 3.73. The van der Waals surface area contributed by atoms with Crippen LogP contribution < -0.4 is 9.47 Å². The van der Waals surface area contributed by atoms with E-state index in [1.54, 1.807) is 11.3 Å². The third kappa shape index (κ3) is 1.85. The van der Waals surface area contributed by atoms with Gasteiger partial charge in [-0.25, -0.2) is 0 Å². The minimum Gasteiger partial charge on any atom is -0.454 e. The molecular weight excluding hydrogens is 254 g/mol. The largest absolute Gasteiger partial charge is 0.454 e. The van der Waals surface area contributed by atoms with Crippen LogP contribution in [0.4, 0.5) is 0 Å². The van der Waals surface area contributed by atoms with E-state index in [1.165, 1.54) is 4.88 Å². The molecule has 0 atom stereocenters. The molecule has 0 spiro atoms. The number of aryl methyl sites for hydroxylation is 1. The van der Waals surface area contributed by atoms with Crippen molar-refractivity contribution in [1.29, 1.82) is 0 Å². The first-order chi connectivity index (χ1) is 8.28. The predicted octanol–water partition coefficient (Wildman–Crippen LogP) is 3.76. The summed E-state index contributed by atoms with van der Waals surface area (Å²) in [5.41, 5.74) is 2.19. The van der Waals surface area contributed by atoms with Crippen LogP contribution in [0.25, 0.3) is 11.3 Å². The molecule has 1 aromatic carbocycles. The molecule has 2 aromatic rings. The lowest BCUT2D eigenvalue weighted by molar-refractivity contribution is 0.174. The van der Waals surface area contributed by atoms with E-state index in [0.29, 0.717) is 6.79 Å². The Bertz CT molecular complexity index is 615. The highest BCUT2D eigenvalue weighted by Gasteiger charge is 2.15. The molecule has 1 aliphatic heterocycles. The van der Waals surface area contributed by atoms with E-state index in [2.05, 4.69) is 11.9 Å². The van der Waals surface area contributed by atoms with Crippen molar-refractivity contribution in [3.63, 3.8) is 0 Å². The highest BCUT2D eigenvalue weighted by atomic mass is 32.1. The average Bonchev–Trinajstić information content (AvgIpc) is 2.93. The second kappa shape index (κ2) is 4.16. The van der Waals surface area contributed by atoms with E-state index in [9.17, 15) is 0 Å². The van der Waals surface area contributed by atoms with Crippen molar-refractivity contribution in [1.82, 2.24) is 4.98 Å². The van der Waals surface area contributed by atoms with Gasteiger partial charge >= 0.3 is 0 Å². The smallest absolute Gasteiger partial charge is 0.231 e. The highest BCUT2D eigenvalue weighted by molar-refractivity contribution is 7.73. The SMILES string of the molecule is CCc1sc(=S)[nH]c1-c1ccc2c(c1)OCO2. The van der Waals surface area contributed by atoms with Crippen molar-refractivity contribution in [2.75, 3.05) is 6.79 Å². The van der Waals surface area contributed by atoms with Gasteiger partial charge in [-0.2, -0.15) is 0 Å². The number of nitrogens with one attached hydrogen (secondary N) is 1. The Labute approximate surface area is 108 Å². The van der Waals surface area contributed by atoms with E-state index in [-0.39, 0.29) is 0 Å². The van der Waals surface area contributed by atoms with E-state index < -0.39 is 0 Å². The molecule has 88 valence electrons. The molecule has 17 heavy (non-hydrogen) atoms. The Hall–Kier alpha value is -1.33. The summed E-state index contributed by atoms with van der Waals surface area (Å²) < 4.78 is 11.5. The number of hydrogen-bond acceptors (Lipinski definition) is 4. The first kappa shape index (κ1) is 10.8. The number of hydrogen-bond donors (Lipinski definition) is 1. The van der Waals surface area contributed by atoms with Gasteiger partial charge < -0.3 is 14.5 Å². The van der Waals surface area contributed by atoms with Crippen LogP contribution in [-0.4, -0.2) is 11.8 Å². The monoisotopic (exact) mass is 265 g/mol. The number of aromatic amines is 1. The molecule has 0 amide bonds. The minimum atomic E-state index is 0.305. The molecule has 0 unspecified atom stereocenters. The van der Waals surface area contributed by atoms with Gasteiger partial charge in [0.2, 0.25) is 6.79 Å². The molecule has 0 aliphatic carbocycles. The molecule has 0 radical (unpaired) electrons. The Morgan fingerprint density at radius 3 is 3.00 bits per heavy atom. The van der Waals surface area contributed by atoms with Gasteiger partial charge in [0.25, 0.3) is 0 Å². The number of H-pyrrole nitrogens is 1. The summed E-state index contributed by atoms with van der Waals surface area (Å²) >= 11 is 6.82. The quantitative estimate of drug-likeness (QED) is 0.839. The summed E-state index contributed by atoms with van der Waals surface area (Å²) in [5, 5.41) is 0. The van der Waals surface area contributed by atoms with Gasteiger partial charge in [0.05, 0.1) is 5.69 Å². The van der Waals surface area contributed by atoms with Crippen LogP contribution in [0.5, 0.6) is 11.5 Å². The second-order valence-corrected chi connectivity index (χ2v) is 5.51. The first-order valence-electron chi connectivity index (χ1n) is 5.40. The number of ether oxygens (including phenoxy) is 2. The van der Waals surface area contributed by atoms with E-state index in [0.717, 1.165) is 33.1 Å². The topological polar surface area (TPSA) is 34.2 Å². The van der Waals surface area contributed by atoms with Gasteiger partial charge in [-0.3, -0.25) is 0 Å². The molecule has 1 aromatic heterocycles. The van der Waals surface area contributed by atoms with Crippen molar-refractivity contribution in [2.45, 2.75) is 13.3 Å². The van der Waals surface area contributed by atoms with Crippen LogP contribution in [-0.2, 0) is 6.42 Å². The lowest BCUT2D eigenvalue weighted by Crippen LogP contribution is -1.92. The zero-order chi connectivity index (χ0) is 11.8. The molecule has 0 bridgehead atoms. The summed E-state index contributed by atoms with van der Waals surface area (Å²) in [6.45, 7) is 2.43. The summed E-state index contributed by atoms with van der Waals surface area (Å²) in [5.74, 6) is 1.61. The molecule has 0 saturated heterocycles. The van der Waals surface area contributed by atoms with E-state index >= 15 is 0 Å². The fourth-order valence-electron chi connectivity index (χ4n) is 1.89. The lowest BCUT2D eigenvalue weighted by Gasteiger charge is -2.03. The third-order valence-electron chi connectivity index (χ3n) is 2.70. The van der Waals surface area contributed by atoms with Gasteiger partial charge in [0.15, 0.2) is 15.5 Å². The van der Waals surface area contributed by atoms with Crippen LogP contribution in [0.1, 0.15) is 11.8 Å².